The molecule has 3 aromatic rings. The predicted molar refractivity (Wildman–Crippen MR) is 89.5 cm³/mol. The summed E-state index contributed by atoms with van der Waals surface area (Å²) in [6.07, 6.45) is 3.42. The van der Waals surface area contributed by atoms with Crippen molar-refractivity contribution in [3.63, 3.8) is 0 Å². The van der Waals surface area contributed by atoms with Crippen LogP contribution in [-0.2, 0) is 11.3 Å². The number of ether oxygens (including phenoxy) is 2. The first-order chi connectivity index (χ1) is 11.6. The molecule has 24 heavy (non-hydrogen) atoms. The number of aromatic hydroxyl groups is 1. The smallest absolute Gasteiger partial charge is 0.360 e. The van der Waals surface area contributed by atoms with Crippen LogP contribution in [0.1, 0.15) is 23.0 Å². The maximum absolute atomic E-state index is 11.8. The highest BCUT2D eigenvalue weighted by Crippen LogP contribution is 2.29. The molecule has 0 atom stereocenters. The first-order valence-electron chi connectivity index (χ1n) is 7.61. The molecule has 0 unspecified atom stereocenters. The highest BCUT2D eigenvalue weighted by molar-refractivity contribution is 5.98. The van der Waals surface area contributed by atoms with Crippen molar-refractivity contribution in [2.24, 2.45) is 0 Å². The summed E-state index contributed by atoms with van der Waals surface area (Å²) in [6.45, 7) is 2.54. The van der Waals surface area contributed by atoms with Crippen LogP contribution in [0, 0.1) is 0 Å². The molecule has 2 heterocycles. The maximum Gasteiger partial charge on any atom is 0.360 e. The van der Waals surface area contributed by atoms with Crippen molar-refractivity contribution in [1.82, 2.24) is 9.55 Å². The van der Waals surface area contributed by atoms with Crippen LogP contribution in [0.25, 0.3) is 10.9 Å². The van der Waals surface area contributed by atoms with E-state index in [0.717, 1.165) is 16.8 Å². The summed E-state index contributed by atoms with van der Waals surface area (Å²) in [6, 6.07) is 9.51. The van der Waals surface area contributed by atoms with Crippen molar-refractivity contribution >= 4 is 16.9 Å². The van der Waals surface area contributed by atoms with Gasteiger partial charge in [0, 0.05) is 18.1 Å². The predicted octanol–water partition coefficient (Wildman–Crippen LogP) is 2.98. The Morgan fingerprint density at radius 3 is 2.92 bits per heavy atom. The topological polar surface area (TPSA) is 73.6 Å². The molecule has 0 radical (unpaired) electrons. The lowest BCUT2D eigenvalue weighted by Crippen LogP contribution is -2.07. The summed E-state index contributed by atoms with van der Waals surface area (Å²) >= 11 is 0. The Balaban J connectivity index is 1.96. The summed E-state index contributed by atoms with van der Waals surface area (Å²) in [5, 5.41) is 10.9. The normalized spacial score (nSPS) is 10.8. The van der Waals surface area contributed by atoms with Crippen molar-refractivity contribution in [2.75, 3.05) is 13.7 Å². The number of nitrogens with zero attached hydrogens (tertiary/aromatic N) is 2. The van der Waals surface area contributed by atoms with Gasteiger partial charge in [-0.05, 0) is 30.7 Å². The second-order valence-electron chi connectivity index (χ2n) is 5.27. The third kappa shape index (κ3) is 2.90. The van der Waals surface area contributed by atoms with Crippen LogP contribution in [0.5, 0.6) is 11.5 Å². The fourth-order valence-electron chi connectivity index (χ4n) is 2.60. The molecule has 0 aliphatic rings. The molecule has 3 rings (SSSR count). The monoisotopic (exact) mass is 326 g/mol. The molecule has 2 aromatic heterocycles. The lowest BCUT2D eigenvalue weighted by Gasteiger charge is -2.09. The molecular weight excluding hydrogens is 308 g/mol. The standard InChI is InChI=1S/C18H18N2O4/c1-3-24-18(22)16-17(21)14-7-8-20(15(14)10-19-16)11-12-5-4-6-13(9-12)23-2/h4-10,21H,3,11H2,1-2H3. The largest absolute Gasteiger partial charge is 0.505 e. The molecule has 0 aliphatic carbocycles. The fraction of sp³-hybridized carbons (Fsp3) is 0.222. The van der Waals surface area contributed by atoms with Gasteiger partial charge in [-0.3, -0.25) is 0 Å². The number of fused-ring (bicyclic) bond motifs is 1. The van der Waals surface area contributed by atoms with Crippen LogP contribution < -0.4 is 4.74 Å². The number of pyridine rings is 1. The molecule has 0 bridgehead atoms. The Hall–Kier alpha value is -3.02. The van der Waals surface area contributed by atoms with Crippen LogP contribution in [0.4, 0.5) is 0 Å². The van der Waals surface area contributed by atoms with E-state index >= 15 is 0 Å². The van der Waals surface area contributed by atoms with Gasteiger partial charge in [0.15, 0.2) is 11.4 Å². The molecule has 6 nitrogen and oxygen atoms in total. The number of hydrogen-bond acceptors (Lipinski definition) is 5. The zero-order valence-corrected chi connectivity index (χ0v) is 13.5. The highest BCUT2D eigenvalue weighted by atomic mass is 16.5. The third-order valence-electron chi connectivity index (χ3n) is 3.76. The number of rotatable bonds is 5. The Kier molecular flexibility index (Phi) is 4.37. The zero-order chi connectivity index (χ0) is 17.1. The Morgan fingerprint density at radius 1 is 1.33 bits per heavy atom. The van der Waals surface area contributed by atoms with Crippen molar-refractivity contribution in [2.45, 2.75) is 13.5 Å². The van der Waals surface area contributed by atoms with E-state index in [-0.39, 0.29) is 18.1 Å². The van der Waals surface area contributed by atoms with Crippen LogP contribution in [0.2, 0.25) is 0 Å². The summed E-state index contributed by atoms with van der Waals surface area (Å²) < 4.78 is 12.1. The number of methoxy groups -OCH3 is 1. The quantitative estimate of drug-likeness (QED) is 0.730. The van der Waals surface area contributed by atoms with Gasteiger partial charge in [0.2, 0.25) is 0 Å². The van der Waals surface area contributed by atoms with E-state index in [2.05, 4.69) is 4.98 Å². The van der Waals surface area contributed by atoms with Gasteiger partial charge in [-0.1, -0.05) is 12.1 Å². The van der Waals surface area contributed by atoms with E-state index in [0.29, 0.717) is 11.9 Å². The molecule has 0 spiro atoms. The van der Waals surface area contributed by atoms with Gasteiger partial charge in [0.1, 0.15) is 5.75 Å². The number of esters is 1. The van der Waals surface area contributed by atoms with E-state index in [4.69, 9.17) is 9.47 Å². The van der Waals surface area contributed by atoms with Gasteiger partial charge in [-0.25, -0.2) is 9.78 Å². The molecule has 124 valence electrons. The van der Waals surface area contributed by atoms with E-state index in [1.54, 1.807) is 26.3 Å². The average Bonchev–Trinajstić information content (AvgIpc) is 2.99. The number of hydrogen-bond donors (Lipinski definition) is 1. The lowest BCUT2D eigenvalue weighted by molar-refractivity contribution is 0.0516. The number of carbonyl (C=O) groups is 1. The van der Waals surface area contributed by atoms with Gasteiger partial charge in [0.25, 0.3) is 0 Å². The Morgan fingerprint density at radius 2 is 2.17 bits per heavy atom. The van der Waals surface area contributed by atoms with Gasteiger partial charge in [-0.2, -0.15) is 0 Å². The molecule has 1 N–H and O–H groups in total. The minimum Gasteiger partial charge on any atom is -0.505 e. The highest BCUT2D eigenvalue weighted by Gasteiger charge is 2.18. The van der Waals surface area contributed by atoms with Gasteiger partial charge in [-0.15, -0.1) is 0 Å². The molecule has 1 aromatic carbocycles. The molecule has 0 saturated heterocycles. The minimum absolute atomic E-state index is 0.0662. The lowest BCUT2D eigenvalue weighted by atomic mass is 10.2. The van der Waals surface area contributed by atoms with Crippen molar-refractivity contribution in [3.8, 4) is 11.5 Å². The van der Waals surface area contributed by atoms with Crippen LogP contribution >= 0.6 is 0 Å². The molecular formula is C18H18N2O4. The SMILES string of the molecule is CCOC(=O)c1ncc2c(ccn2Cc2cccc(OC)c2)c1O. The molecule has 0 fully saturated rings. The van der Waals surface area contributed by atoms with Crippen molar-refractivity contribution in [3.05, 3.63) is 54.0 Å². The summed E-state index contributed by atoms with van der Waals surface area (Å²) in [7, 11) is 1.63. The molecule has 0 saturated carbocycles. The molecule has 0 amide bonds. The third-order valence-corrected chi connectivity index (χ3v) is 3.76. The summed E-state index contributed by atoms with van der Waals surface area (Å²) in [4.78, 5) is 15.9. The number of aromatic nitrogens is 2. The first-order valence-corrected chi connectivity index (χ1v) is 7.61. The minimum atomic E-state index is -0.627. The van der Waals surface area contributed by atoms with Crippen LogP contribution in [0.3, 0.4) is 0 Å². The van der Waals surface area contributed by atoms with E-state index in [1.807, 2.05) is 35.0 Å². The average molecular weight is 326 g/mol. The Bertz CT molecular complexity index is 886. The van der Waals surface area contributed by atoms with Gasteiger partial charge < -0.3 is 19.1 Å². The number of benzene rings is 1. The number of carbonyl (C=O) groups excluding carboxylic acids is 1. The second-order valence-corrected chi connectivity index (χ2v) is 5.27. The van der Waals surface area contributed by atoms with Crippen molar-refractivity contribution in [1.29, 1.82) is 0 Å². The van der Waals surface area contributed by atoms with Crippen LogP contribution in [-0.4, -0.2) is 34.3 Å². The Labute approximate surface area is 139 Å². The van der Waals surface area contributed by atoms with Crippen LogP contribution in [0.15, 0.2) is 42.7 Å². The summed E-state index contributed by atoms with van der Waals surface area (Å²) in [5.41, 5.74) is 1.73. The summed E-state index contributed by atoms with van der Waals surface area (Å²) in [5.74, 6) is 0.00215. The molecule has 0 aliphatic heterocycles. The second kappa shape index (κ2) is 6.62. The van der Waals surface area contributed by atoms with E-state index in [9.17, 15) is 9.90 Å². The molecule has 6 heteroatoms. The van der Waals surface area contributed by atoms with Gasteiger partial charge in [0.05, 0.1) is 25.4 Å². The van der Waals surface area contributed by atoms with Crippen molar-refractivity contribution < 1.29 is 19.4 Å². The first kappa shape index (κ1) is 15.9. The van der Waals surface area contributed by atoms with Gasteiger partial charge >= 0.3 is 5.97 Å². The van der Waals surface area contributed by atoms with E-state index in [1.165, 1.54) is 0 Å². The fourth-order valence-corrected chi connectivity index (χ4v) is 2.60. The zero-order valence-electron chi connectivity index (χ0n) is 13.5. The maximum atomic E-state index is 11.8. The van der Waals surface area contributed by atoms with E-state index < -0.39 is 5.97 Å².